The fourth-order valence-corrected chi connectivity index (χ4v) is 16.2. The summed E-state index contributed by atoms with van der Waals surface area (Å²) in [5.74, 6) is -16.2. The van der Waals surface area contributed by atoms with Gasteiger partial charge < -0.3 is 132 Å². The van der Waals surface area contributed by atoms with Crippen LogP contribution in [0.1, 0.15) is 128 Å². The number of fused-ring (bicyclic) bond motifs is 2. The van der Waals surface area contributed by atoms with Gasteiger partial charge >= 0.3 is 0 Å². The molecule has 0 spiro atoms. The van der Waals surface area contributed by atoms with E-state index in [1.54, 1.807) is 67.2 Å². The predicted molar refractivity (Wildman–Crippen MR) is 477 cm³/mol. The summed E-state index contributed by atoms with van der Waals surface area (Å²) in [4.78, 5) is 264. The molecule has 0 bridgehead atoms. The van der Waals surface area contributed by atoms with E-state index in [1.165, 1.54) is 75.9 Å². The number of benzene rings is 3. The quantitative estimate of drug-likeness (QED) is 0.0173. The van der Waals surface area contributed by atoms with E-state index < -0.39 is 249 Å². The van der Waals surface area contributed by atoms with Gasteiger partial charge in [-0.2, -0.15) is 11.8 Å². The van der Waals surface area contributed by atoms with E-state index in [2.05, 4.69) is 63.1 Å². The number of thioether (sulfide) groups is 1. The molecule has 44 heteroatoms. The molecule has 2 fully saturated rings. The van der Waals surface area contributed by atoms with Gasteiger partial charge in [0.15, 0.2) is 0 Å². The van der Waals surface area contributed by atoms with Gasteiger partial charge in [-0.1, -0.05) is 88.1 Å². The van der Waals surface area contributed by atoms with E-state index in [1.807, 2.05) is 13.8 Å². The Labute approximate surface area is 755 Å². The molecule has 18 amide bonds. The number of unbranched alkanes of at least 4 members (excludes halogenated alkanes) is 2. The molecular formula is C86H124N22O21S. The van der Waals surface area contributed by atoms with E-state index >= 15 is 28.8 Å². The molecular weight excluding hydrogens is 1710 g/mol. The number of para-hydroxylation sites is 2. The first kappa shape index (κ1) is 104. The zero-order valence-corrected chi connectivity index (χ0v) is 75.0. The number of phenolic OH excluding ortho intramolecular Hbond substituents is 1. The van der Waals surface area contributed by atoms with Crippen molar-refractivity contribution in [2.45, 2.75) is 221 Å². The second-order valence-electron chi connectivity index (χ2n) is 32.5. The van der Waals surface area contributed by atoms with Crippen molar-refractivity contribution >= 4 is 140 Å². The predicted octanol–water partition coefficient (Wildman–Crippen LogP) is -4.99. The second kappa shape index (κ2) is 50.2. The monoisotopic (exact) mass is 1830 g/mol. The van der Waals surface area contributed by atoms with Crippen molar-refractivity contribution in [3.05, 3.63) is 102 Å². The molecule has 3 aromatic carbocycles. The molecule has 0 saturated carbocycles. The average Bonchev–Trinajstić information content (AvgIpc) is 1.61. The van der Waals surface area contributed by atoms with Crippen molar-refractivity contribution in [2.75, 3.05) is 72.5 Å². The Balaban J connectivity index is 1.10. The molecule has 2 aliphatic heterocycles. The number of nitrogens with zero attached hydrogens (tertiary/aromatic N) is 5. The van der Waals surface area contributed by atoms with Crippen molar-refractivity contribution in [1.82, 2.24) is 87.6 Å². The Morgan fingerprint density at radius 1 is 0.523 bits per heavy atom. The number of likely N-dealkylation sites (tertiary alicyclic amines) is 2. The van der Waals surface area contributed by atoms with Crippen LogP contribution in [-0.2, 0) is 106 Å². The molecule has 5 aromatic rings. The number of nitrogens with one attached hydrogen (secondary N) is 12. The normalized spacial score (nSPS) is 16.9. The summed E-state index contributed by atoms with van der Waals surface area (Å²) < 4.78 is 0. The highest BCUT2D eigenvalue weighted by Crippen LogP contribution is 2.27. The summed E-state index contributed by atoms with van der Waals surface area (Å²) in [6, 6.07) is -1.19. The number of aliphatic hydroxyl groups excluding tert-OH is 2. The Hall–Kier alpha value is -12.8. The number of phenols is 1. The van der Waals surface area contributed by atoms with E-state index in [4.69, 9.17) is 28.7 Å². The molecule has 15 atom stereocenters. The zero-order chi connectivity index (χ0) is 95.9. The number of amides is 18. The largest absolute Gasteiger partial charge is 0.508 e. The maximum absolute atomic E-state index is 15.5. The highest BCUT2D eigenvalue weighted by Gasteiger charge is 2.46. The van der Waals surface area contributed by atoms with Crippen LogP contribution in [0.4, 0.5) is 0 Å². The number of carbonyl (C=O) groups excluding carboxylic acids is 18. The smallest absolute Gasteiger partial charge is 0.246 e. The number of aromatic hydroxyl groups is 1. The molecule has 710 valence electrons. The number of aromatic nitrogens is 2. The molecule has 2 saturated heterocycles. The number of hydrogen-bond acceptors (Lipinski definition) is 24. The van der Waals surface area contributed by atoms with E-state index in [9.17, 15) is 72.9 Å². The summed E-state index contributed by atoms with van der Waals surface area (Å²) in [6.07, 6.45) is 2.46. The minimum atomic E-state index is -1.91. The third-order valence-corrected chi connectivity index (χ3v) is 23.5. The SMILES string of the molecule is CCCC[C@@H](C(=O)N(C)[C@@H](CCCC)C(=O)N[C@@H](CCN)C(=O)N[C@@H](CSC)C(=O)NCC(N)=O)N(C)C(=O)[C@H](Cc1c[nH]c2ccccc12)NC(=O)[C@H](CO)NC(=O)[C@H](Cc1c[nH]c2ccccc12)NC(=O)[C@@H]1C[C@@H](O)CN1C(=O)[C@H](CCC(N)=O)NC(=O)[C@H](CN)NC(=O)[C@@H]1CCCN1C(=O)[C@H](CC(N)=O)NC(=O)[C@H](C)N(C)C(=O)[C@H](Cc1ccc(O)cc1)NC(C)=O. The lowest BCUT2D eigenvalue weighted by Gasteiger charge is -2.36. The summed E-state index contributed by atoms with van der Waals surface area (Å²) in [5, 5.41) is 59.1. The van der Waals surface area contributed by atoms with Gasteiger partial charge in [-0.15, -0.1) is 0 Å². The average molecular weight is 1830 g/mol. The fraction of sp³-hybridized carbons (Fsp3) is 0.535. The molecule has 4 heterocycles. The van der Waals surface area contributed by atoms with Crippen molar-refractivity contribution in [3.63, 3.8) is 0 Å². The molecule has 0 radical (unpaired) electrons. The van der Waals surface area contributed by atoms with Crippen molar-refractivity contribution in [1.29, 1.82) is 0 Å². The summed E-state index contributed by atoms with van der Waals surface area (Å²) in [7, 11) is 4.00. The molecule has 130 heavy (non-hydrogen) atoms. The summed E-state index contributed by atoms with van der Waals surface area (Å²) in [5.41, 5.74) is 31.2. The van der Waals surface area contributed by atoms with Gasteiger partial charge in [0, 0.05) is 120 Å². The first-order valence-corrected chi connectivity index (χ1v) is 44.5. The van der Waals surface area contributed by atoms with Crippen LogP contribution < -0.4 is 81.8 Å². The van der Waals surface area contributed by atoms with Crippen molar-refractivity contribution in [3.8, 4) is 5.75 Å². The number of nitrogens with two attached hydrogens (primary N) is 5. The number of likely N-dealkylation sites (N-methyl/N-ethyl adjacent to an activating group) is 3. The van der Waals surface area contributed by atoms with Crippen LogP contribution >= 0.6 is 11.8 Å². The summed E-state index contributed by atoms with van der Waals surface area (Å²) >= 11 is 1.22. The highest BCUT2D eigenvalue weighted by molar-refractivity contribution is 7.98. The lowest BCUT2D eigenvalue weighted by Crippen LogP contribution is -2.62. The van der Waals surface area contributed by atoms with Gasteiger partial charge in [0.2, 0.25) is 106 Å². The first-order chi connectivity index (χ1) is 61.8. The molecule has 2 aromatic heterocycles. The van der Waals surface area contributed by atoms with E-state index in [-0.39, 0.29) is 76.0 Å². The molecule has 0 unspecified atom stereocenters. The van der Waals surface area contributed by atoms with Crippen LogP contribution in [-0.4, -0.2) is 319 Å². The maximum atomic E-state index is 15.5. The van der Waals surface area contributed by atoms with Crippen LogP contribution in [0.15, 0.2) is 85.2 Å². The maximum Gasteiger partial charge on any atom is 0.246 e. The van der Waals surface area contributed by atoms with Gasteiger partial charge in [0.05, 0.1) is 25.7 Å². The van der Waals surface area contributed by atoms with Gasteiger partial charge in [0.1, 0.15) is 90.3 Å². The lowest BCUT2D eigenvalue weighted by molar-refractivity contribution is -0.149. The van der Waals surface area contributed by atoms with Crippen molar-refractivity contribution < 1.29 is 102 Å². The molecule has 7 rings (SSSR count). The number of hydrogen-bond donors (Lipinski definition) is 20. The standard InChI is InChI=1S/C86H124N22O21S/c1-9-11-22-66(79(122)96-57(31-32-87)75(118)103-65(45-130-8)74(117)94-42-72(91)115)105(6)86(129)68(23-12-10-2)106(7)83(126)61(36-50-41-93-56-21-16-14-19-54(50)56)100-78(121)64(44-109)102-76(119)59(35-49-40-92-55-20-15-13-18-53(49)55)98-81(124)69-37-52(112)43-108(69)84(127)58(29-30-70(89)113)97-77(120)63(39-88)101-80(123)67-24-17-33-107(67)85(128)62(38-71(90)114)99-73(116)46(3)104(5)82(125)60(95-47(4)110)34-48-25-27-51(111)28-26-48/h13-16,18-21,25-28,40-41,46,52,57-69,92-93,109,111-112H,9-12,17,22-24,29-39,42-45,87-88H2,1-8H3,(H2,89,113)(H2,90,114)(H2,91,115)(H,94,117)(H,95,110)(H,96,122)(H,97,120)(H,98,124)(H,99,116)(H,100,121)(H,101,123)(H,102,119)(H,103,118)/t46-,52+,57-,58-,59-,60-,61-,62-,63-,64-,65-,66-,67-,68-,69-/m0/s1. The van der Waals surface area contributed by atoms with Gasteiger partial charge in [-0.3, -0.25) is 86.3 Å². The number of aromatic amines is 2. The van der Waals surface area contributed by atoms with Gasteiger partial charge in [-0.25, -0.2) is 0 Å². The van der Waals surface area contributed by atoms with E-state index in [0.717, 1.165) is 19.6 Å². The van der Waals surface area contributed by atoms with Gasteiger partial charge in [-0.05, 0) is 99.2 Å². The summed E-state index contributed by atoms with van der Waals surface area (Å²) in [6.45, 7) is 3.16. The molecule has 43 nitrogen and oxygen atoms in total. The molecule has 2 aliphatic rings. The third-order valence-electron chi connectivity index (χ3n) is 22.9. The number of primary amides is 3. The minimum absolute atomic E-state index is 0.0247. The Bertz CT molecular complexity index is 4860. The lowest BCUT2D eigenvalue weighted by atomic mass is 10.00. The van der Waals surface area contributed by atoms with Gasteiger partial charge in [0.25, 0.3) is 0 Å². The zero-order valence-electron chi connectivity index (χ0n) is 74.2. The van der Waals surface area contributed by atoms with E-state index in [0.29, 0.717) is 64.2 Å². The topological polar surface area (TPSA) is 666 Å². The Kier molecular flexibility index (Phi) is 40.3. The van der Waals surface area contributed by atoms with Crippen LogP contribution in [0.25, 0.3) is 21.8 Å². The number of carbonyl (C=O) groups is 18. The number of aliphatic hydroxyl groups is 2. The van der Waals surface area contributed by atoms with Crippen LogP contribution in [0.5, 0.6) is 5.75 Å². The fourth-order valence-electron chi connectivity index (χ4n) is 15.6. The minimum Gasteiger partial charge on any atom is -0.508 e. The molecule has 25 N–H and O–H groups in total. The molecule has 0 aliphatic carbocycles. The second-order valence-corrected chi connectivity index (χ2v) is 33.4. The van der Waals surface area contributed by atoms with Crippen LogP contribution in [0.3, 0.4) is 0 Å². The Morgan fingerprint density at radius 3 is 1.60 bits per heavy atom. The van der Waals surface area contributed by atoms with Crippen molar-refractivity contribution in [2.24, 2.45) is 28.7 Å². The number of H-pyrrole nitrogens is 2. The van der Waals surface area contributed by atoms with Crippen LogP contribution in [0, 0.1) is 0 Å². The number of β-amino-alcohol motifs (C(OH)–C–C–N with tert-alkyl or cyclic N) is 1. The highest BCUT2D eigenvalue weighted by atomic mass is 32.2. The third kappa shape index (κ3) is 29.1. The number of rotatable bonds is 51. The van der Waals surface area contributed by atoms with Crippen LogP contribution in [0.2, 0.25) is 0 Å². The Morgan fingerprint density at radius 2 is 1.03 bits per heavy atom. The first-order valence-electron chi connectivity index (χ1n) is 43.1.